The number of carbonyl (C=O) groups excluding carboxylic acids is 1. The van der Waals surface area contributed by atoms with E-state index >= 15 is 0 Å². The molecule has 160 valence electrons. The second-order valence-electron chi connectivity index (χ2n) is 7.42. The minimum Gasteiger partial charge on any atom is -0.469 e. The van der Waals surface area contributed by atoms with Crippen molar-refractivity contribution in [1.82, 2.24) is 24.8 Å². The molecular formula is C23H25N5O2S. The lowest BCUT2D eigenvalue weighted by molar-refractivity contribution is -0.140. The molecule has 7 nitrogen and oxygen atoms in total. The maximum atomic E-state index is 11.6. The van der Waals surface area contributed by atoms with Gasteiger partial charge in [-0.2, -0.15) is 0 Å². The first-order chi connectivity index (χ1) is 15.2. The van der Waals surface area contributed by atoms with Crippen LogP contribution in [0.2, 0.25) is 0 Å². The highest BCUT2D eigenvalue weighted by atomic mass is 32.1. The van der Waals surface area contributed by atoms with Crippen LogP contribution in [0.5, 0.6) is 0 Å². The van der Waals surface area contributed by atoms with Gasteiger partial charge in [-0.3, -0.25) is 14.8 Å². The van der Waals surface area contributed by atoms with E-state index in [4.69, 9.17) is 17.0 Å². The van der Waals surface area contributed by atoms with Crippen LogP contribution in [0.15, 0.2) is 67.3 Å². The summed E-state index contributed by atoms with van der Waals surface area (Å²) in [6.45, 7) is 1.36. The third-order valence-corrected chi connectivity index (χ3v) is 5.80. The molecule has 1 aliphatic rings. The number of methoxy groups -OCH3 is 1. The number of thiocarbonyl (C=S) groups is 1. The van der Waals surface area contributed by atoms with Gasteiger partial charge >= 0.3 is 5.97 Å². The summed E-state index contributed by atoms with van der Waals surface area (Å²) < 4.78 is 7.01. The van der Waals surface area contributed by atoms with Crippen LogP contribution in [-0.2, 0) is 16.1 Å². The second-order valence-corrected chi connectivity index (χ2v) is 7.81. The Kier molecular flexibility index (Phi) is 6.57. The first kappa shape index (κ1) is 21.0. The molecule has 1 fully saturated rings. The van der Waals surface area contributed by atoms with E-state index in [1.54, 1.807) is 12.4 Å². The molecule has 3 aromatic heterocycles. The van der Waals surface area contributed by atoms with E-state index in [-0.39, 0.29) is 18.1 Å². The van der Waals surface area contributed by atoms with Crippen molar-refractivity contribution in [3.63, 3.8) is 0 Å². The third kappa shape index (κ3) is 4.74. The van der Waals surface area contributed by atoms with E-state index < -0.39 is 0 Å². The lowest BCUT2D eigenvalue weighted by atomic mass is 10.0. The highest BCUT2D eigenvalue weighted by Gasteiger charge is 2.40. The maximum absolute atomic E-state index is 11.6. The molecular weight excluding hydrogens is 410 g/mol. The Morgan fingerprint density at radius 1 is 1.19 bits per heavy atom. The van der Waals surface area contributed by atoms with Crippen LogP contribution in [-0.4, -0.2) is 44.2 Å². The molecule has 0 radical (unpaired) electrons. The van der Waals surface area contributed by atoms with Gasteiger partial charge in [-0.1, -0.05) is 12.1 Å². The van der Waals surface area contributed by atoms with Crippen molar-refractivity contribution in [1.29, 1.82) is 0 Å². The smallest absolute Gasteiger partial charge is 0.305 e. The molecule has 4 rings (SSSR count). The summed E-state index contributed by atoms with van der Waals surface area (Å²) in [7, 11) is 1.41. The van der Waals surface area contributed by atoms with Crippen LogP contribution < -0.4 is 5.32 Å². The minimum atomic E-state index is -0.212. The van der Waals surface area contributed by atoms with E-state index in [0.717, 1.165) is 17.0 Å². The molecule has 0 unspecified atom stereocenters. The maximum Gasteiger partial charge on any atom is 0.305 e. The molecule has 4 heterocycles. The highest BCUT2D eigenvalue weighted by molar-refractivity contribution is 7.80. The standard InChI is InChI=1S/C23H25N5O2S/c1-30-20(29)10-6-14-28-22(21(26-23(28)31)18-8-2-3-12-25-18)19-9-5-13-27(19)16-17-7-4-11-24-15-17/h2-5,7-9,11-13,15,21-22H,6,10,14,16H2,1H3,(H,26,31)/t21-,22+/m0/s1. The van der Waals surface area contributed by atoms with Gasteiger partial charge in [-0.05, 0) is 54.5 Å². The molecule has 1 N–H and O–H groups in total. The van der Waals surface area contributed by atoms with Crippen molar-refractivity contribution in [2.45, 2.75) is 31.5 Å². The normalized spacial score (nSPS) is 18.1. The molecule has 0 aliphatic carbocycles. The summed E-state index contributed by atoms with van der Waals surface area (Å²) in [4.78, 5) is 22.6. The number of rotatable bonds is 8. The van der Waals surface area contributed by atoms with Gasteiger partial charge < -0.3 is 19.5 Å². The number of nitrogens with one attached hydrogen (secondary N) is 1. The Balaban J connectivity index is 1.65. The van der Waals surface area contributed by atoms with Crippen molar-refractivity contribution in [3.8, 4) is 0 Å². The molecule has 0 spiro atoms. The summed E-state index contributed by atoms with van der Waals surface area (Å²) in [6.07, 6.45) is 8.54. The zero-order valence-corrected chi connectivity index (χ0v) is 18.2. The number of nitrogens with zero attached hydrogens (tertiary/aromatic N) is 4. The third-order valence-electron chi connectivity index (χ3n) is 5.45. The van der Waals surface area contributed by atoms with Gasteiger partial charge in [0.25, 0.3) is 0 Å². The van der Waals surface area contributed by atoms with Crippen molar-refractivity contribution >= 4 is 23.3 Å². The van der Waals surface area contributed by atoms with Crippen LogP contribution in [0, 0.1) is 0 Å². The van der Waals surface area contributed by atoms with Gasteiger partial charge in [0.05, 0.1) is 24.9 Å². The summed E-state index contributed by atoms with van der Waals surface area (Å²) in [5.74, 6) is -0.212. The van der Waals surface area contributed by atoms with Crippen molar-refractivity contribution in [3.05, 3.63) is 84.2 Å². The van der Waals surface area contributed by atoms with E-state index in [1.807, 2.05) is 30.5 Å². The van der Waals surface area contributed by atoms with Crippen LogP contribution in [0.4, 0.5) is 0 Å². The zero-order chi connectivity index (χ0) is 21.6. The predicted molar refractivity (Wildman–Crippen MR) is 121 cm³/mol. The van der Waals surface area contributed by atoms with Crippen LogP contribution in [0.25, 0.3) is 0 Å². The number of ether oxygens (including phenoxy) is 1. The first-order valence-electron chi connectivity index (χ1n) is 10.3. The summed E-state index contributed by atoms with van der Waals surface area (Å²) in [5.41, 5.74) is 3.18. The van der Waals surface area contributed by atoms with Gasteiger partial charge in [-0.15, -0.1) is 0 Å². The molecule has 2 atom stereocenters. The molecule has 0 saturated carbocycles. The predicted octanol–water partition coefficient (Wildman–Crippen LogP) is 3.25. The minimum absolute atomic E-state index is 0.0493. The molecule has 0 aromatic carbocycles. The van der Waals surface area contributed by atoms with Crippen LogP contribution in [0.3, 0.4) is 0 Å². The molecule has 1 saturated heterocycles. The molecule has 3 aromatic rings. The lowest BCUT2D eigenvalue weighted by Gasteiger charge is -2.29. The van der Waals surface area contributed by atoms with E-state index in [0.29, 0.717) is 31.0 Å². The average Bonchev–Trinajstić information content (AvgIpc) is 3.38. The highest BCUT2D eigenvalue weighted by Crippen LogP contribution is 2.39. The Bertz CT molecular complexity index is 1020. The fourth-order valence-electron chi connectivity index (χ4n) is 3.99. The largest absolute Gasteiger partial charge is 0.469 e. The average molecular weight is 436 g/mol. The number of esters is 1. The summed E-state index contributed by atoms with van der Waals surface area (Å²) in [5, 5.41) is 4.12. The Labute approximate surface area is 187 Å². The van der Waals surface area contributed by atoms with Crippen molar-refractivity contribution in [2.75, 3.05) is 13.7 Å². The lowest BCUT2D eigenvalue weighted by Crippen LogP contribution is -2.32. The van der Waals surface area contributed by atoms with E-state index in [2.05, 4.69) is 49.1 Å². The fourth-order valence-corrected chi connectivity index (χ4v) is 4.32. The van der Waals surface area contributed by atoms with Gasteiger partial charge in [0.1, 0.15) is 0 Å². The van der Waals surface area contributed by atoms with E-state index in [9.17, 15) is 4.79 Å². The summed E-state index contributed by atoms with van der Waals surface area (Å²) >= 11 is 5.70. The molecule has 1 aliphatic heterocycles. The number of carbonyl (C=O) groups is 1. The van der Waals surface area contributed by atoms with E-state index in [1.165, 1.54) is 7.11 Å². The first-order valence-corrected chi connectivity index (χ1v) is 10.7. The fraction of sp³-hybridized carbons (Fsp3) is 0.304. The Hall–Kier alpha value is -3.26. The summed E-state index contributed by atoms with van der Waals surface area (Å²) in [6, 6.07) is 14.0. The van der Waals surface area contributed by atoms with Gasteiger partial charge in [0, 0.05) is 50.0 Å². The Morgan fingerprint density at radius 2 is 2.10 bits per heavy atom. The number of pyridine rings is 2. The number of hydrogen-bond donors (Lipinski definition) is 1. The number of hydrogen-bond acceptors (Lipinski definition) is 5. The molecule has 8 heteroatoms. The van der Waals surface area contributed by atoms with Crippen molar-refractivity contribution < 1.29 is 9.53 Å². The molecule has 0 amide bonds. The van der Waals surface area contributed by atoms with Gasteiger partial charge in [0.2, 0.25) is 0 Å². The quantitative estimate of drug-likeness (QED) is 0.430. The molecule has 31 heavy (non-hydrogen) atoms. The molecule has 0 bridgehead atoms. The monoisotopic (exact) mass is 435 g/mol. The van der Waals surface area contributed by atoms with Crippen LogP contribution in [0.1, 0.15) is 41.9 Å². The van der Waals surface area contributed by atoms with Gasteiger partial charge in [-0.25, -0.2) is 0 Å². The van der Waals surface area contributed by atoms with Gasteiger partial charge in [0.15, 0.2) is 5.11 Å². The zero-order valence-electron chi connectivity index (χ0n) is 17.3. The van der Waals surface area contributed by atoms with Crippen LogP contribution >= 0.6 is 12.2 Å². The topological polar surface area (TPSA) is 72.3 Å². The van der Waals surface area contributed by atoms with Crippen molar-refractivity contribution in [2.24, 2.45) is 0 Å². The second kappa shape index (κ2) is 9.70. The number of aromatic nitrogens is 3. The SMILES string of the molecule is COC(=O)CCCN1C(=S)N[C@@H](c2ccccn2)[C@H]1c1cccn1Cc1cccnc1. The Morgan fingerprint density at radius 3 is 2.84 bits per heavy atom.